The van der Waals surface area contributed by atoms with Crippen LogP contribution in [0.25, 0.3) is 10.9 Å². The predicted octanol–water partition coefficient (Wildman–Crippen LogP) is 2.52. The van der Waals surface area contributed by atoms with Crippen molar-refractivity contribution >= 4 is 16.8 Å². The van der Waals surface area contributed by atoms with E-state index in [2.05, 4.69) is 15.1 Å². The summed E-state index contributed by atoms with van der Waals surface area (Å²) < 4.78 is 1.76. The molecule has 5 rings (SSSR count). The van der Waals surface area contributed by atoms with E-state index in [1.807, 2.05) is 30.3 Å². The van der Waals surface area contributed by atoms with Crippen molar-refractivity contribution in [3.8, 4) is 0 Å². The van der Waals surface area contributed by atoms with Crippen molar-refractivity contribution in [1.29, 1.82) is 0 Å². The van der Waals surface area contributed by atoms with E-state index >= 15 is 0 Å². The molecule has 2 saturated heterocycles. The average molecular weight is 455 g/mol. The summed E-state index contributed by atoms with van der Waals surface area (Å²) in [6, 6.07) is 10.2. The van der Waals surface area contributed by atoms with Gasteiger partial charge in [0.05, 0.1) is 11.6 Å². The molecule has 7 nitrogen and oxygen atoms in total. The molecule has 1 aromatic heterocycles. The summed E-state index contributed by atoms with van der Waals surface area (Å²) >= 11 is 0. The van der Waals surface area contributed by atoms with Crippen LogP contribution in [0.4, 0.5) is 0 Å². The zero-order valence-electron chi connectivity index (χ0n) is 19.6. The maximum Gasteiger partial charge on any atom is 0.271 e. The van der Waals surface area contributed by atoms with Gasteiger partial charge in [0.25, 0.3) is 5.91 Å². The molecule has 1 amide bonds. The van der Waals surface area contributed by atoms with Gasteiger partial charge in [-0.3, -0.25) is 4.79 Å². The molecule has 1 aromatic carbocycles. The highest BCUT2D eigenvalue weighted by atomic mass is 16.7. The number of carbonyl (C=O) groups is 1. The van der Waals surface area contributed by atoms with Gasteiger partial charge in [-0.15, -0.1) is 0 Å². The first kappa shape index (κ1) is 22.7. The molecule has 1 saturated carbocycles. The molecule has 2 N–H and O–H groups in total. The number of fused-ring (bicyclic) bond motifs is 1. The molecule has 2 aromatic rings. The average Bonchev–Trinajstić information content (AvgIpc) is 3.18. The number of hydrogen-bond acceptors (Lipinski definition) is 5. The minimum atomic E-state index is -0.108. The van der Waals surface area contributed by atoms with Gasteiger partial charge in [-0.1, -0.05) is 24.6 Å². The standard InChI is InChI=1S/C26H38N4O3/c31-23-10-14-29(15-11-23)17-16-28-12-8-22(9-13-28)27-26(32)25-18-21-6-1-2-7-24(21)30(25)33-19-20-4-3-5-20/h1-2,6-7,18,20,22-23,31H,3-5,8-17,19H2,(H,27,32). The fourth-order valence-electron chi connectivity index (χ4n) is 5.25. The van der Waals surface area contributed by atoms with Gasteiger partial charge >= 0.3 is 0 Å². The second kappa shape index (κ2) is 10.5. The number of nitrogens with zero attached hydrogens (tertiary/aromatic N) is 3. The van der Waals surface area contributed by atoms with Gasteiger partial charge in [0.1, 0.15) is 12.3 Å². The second-order valence-corrected chi connectivity index (χ2v) is 10.1. The smallest absolute Gasteiger partial charge is 0.271 e. The van der Waals surface area contributed by atoms with Crippen LogP contribution >= 0.6 is 0 Å². The van der Waals surface area contributed by atoms with Crippen LogP contribution in [-0.2, 0) is 0 Å². The molecular formula is C26H38N4O3. The first-order valence-electron chi connectivity index (χ1n) is 12.8. The Morgan fingerprint density at radius 2 is 1.64 bits per heavy atom. The number of benzene rings is 1. The third-order valence-corrected chi connectivity index (χ3v) is 7.78. The highest BCUT2D eigenvalue weighted by Gasteiger charge is 2.25. The van der Waals surface area contributed by atoms with Crippen molar-refractivity contribution < 1.29 is 14.7 Å². The number of nitrogens with one attached hydrogen (secondary N) is 1. The van der Waals surface area contributed by atoms with Crippen LogP contribution < -0.4 is 10.2 Å². The largest absolute Gasteiger partial charge is 0.413 e. The maximum atomic E-state index is 13.2. The fraction of sp³-hybridized carbons (Fsp3) is 0.654. The summed E-state index contributed by atoms with van der Waals surface area (Å²) in [5.41, 5.74) is 1.56. The van der Waals surface area contributed by atoms with E-state index in [-0.39, 0.29) is 18.1 Å². The Hall–Kier alpha value is -2.09. The highest BCUT2D eigenvalue weighted by molar-refractivity contribution is 5.98. The zero-order chi connectivity index (χ0) is 22.6. The monoisotopic (exact) mass is 454 g/mol. The van der Waals surface area contributed by atoms with Crippen LogP contribution in [0.3, 0.4) is 0 Å². The minimum Gasteiger partial charge on any atom is -0.413 e. The van der Waals surface area contributed by atoms with Crippen LogP contribution in [0.1, 0.15) is 55.4 Å². The first-order valence-corrected chi connectivity index (χ1v) is 12.8. The molecule has 2 aliphatic heterocycles. The van der Waals surface area contributed by atoms with Crippen LogP contribution in [0.15, 0.2) is 30.3 Å². The van der Waals surface area contributed by atoms with Gasteiger partial charge in [0.15, 0.2) is 0 Å². The normalized spacial score (nSPS) is 21.8. The SMILES string of the molecule is O=C(NC1CCN(CCN2CCC(O)CC2)CC1)c1cc2ccccc2n1OCC1CCC1. The number of amides is 1. The van der Waals surface area contributed by atoms with Gasteiger partial charge in [-0.25, -0.2) is 0 Å². The van der Waals surface area contributed by atoms with E-state index in [0.717, 1.165) is 75.9 Å². The Kier molecular flexibility index (Phi) is 7.19. The molecule has 180 valence electrons. The number of likely N-dealkylation sites (tertiary alicyclic amines) is 2. The van der Waals surface area contributed by atoms with E-state index in [4.69, 9.17) is 4.84 Å². The third-order valence-electron chi connectivity index (χ3n) is 7.78. The topological polar surface area (TPSA) is 70.0 Å². The summed E-state index contributed by atoms with van der Waals surface area (Å²) in [4.78, 5) is 24.3. The number of para-hydroxylation sites is 1. The number of aromatic nitrogens is 1. The number of aliphatic hydroxyl groups is 1. The van der Waals surface area contributed by atoms with Crippen LogP contribution in [0, 0.1) is 5.92 Å². The van der Waals surface area contributed by atoms with Gasteiger partial charge in [0, 0.05) is 50.7 Å². The molecule has 0 spiro atoms. The van der Waals surface area contributed by atoms with Crippen molar-refractivity contribution in [2.24, 2.45) is 5.92 Å². The number of rotatable bonds is 8. The van der Waals surface area contributed by atoms with Crippen molar-refractivity contribution in [3.63, 3.8) is 0 Å². The van der Waals surface area contributed by atoms with Gasteiger partial charge < -0.3 is 25.1 Å². The molecule has 1 aliphatic carbocycles. The Labute approximate surface area is 196 Å². The van der Waals surface area contributed by atoms with E-state index < -0.39 is 0 Å². The zero-order valence-corrected chi connectivity index (χ0v) is 19.6. The summed E-state index contributed by atoms with van der Waals surface area (Å²) in [6.07, 6.45) is 7.38. The number of piperidine rings is 2. The lowest BCUT2D eigenvalue weighted by molar-refractivity contribution is 0.0538. The van der Waals surface area contributed by atoms with Crippen molar-refractivity contribution in [3.05, 3.63) is 36.0 Å². The highest BCUT2D eigenvalue weighted by Crippen LogP contribution is 2.27. The summed E-state index contributed by atoms with van der Waals surface area (Å²) in [6.45, 7) is 6.86. The van der Waals surface area contributed by atoms with Gasteiger partial charge in [0.2, 0.25) is 0 Å². The molecular weight excluding hydrogens is 416 g/mol. The van der Waals surface area contributed by atoms with Gasteiger partial charge in [-0.05, 0) is 56.6 Å². The van der Waals surface area contributed by atoms with Crippen LogP contribution in [-0.4, -0.2) is 83.6 Å². The fourth-order valence-corrected chi connectivity index (χ4v) is 5.25. The molecule has 33 heavy (non-hydrogen) atoms. The predicted molar refractivity (Wildman–Crippen MR) is 129 cm³/mol. The Balaban J connectivity index is 1.13. The number of aliphatic hydroxyl groups excluding tert-OH is 1. The van der Waals surface area contributed by atoms with Crippen molar-refractivity contribution in [1.82, 2.24) is 19.8 Å². The lowest BCUT2D eigenvalue weighted by atomic mass is 9.86. The molecule has 3 aliphatic rings. The Bertz CT molecular complexity index is 925. The number of hydrogen-bond donors (Lipinski definition) is 2. The summed E-state index contributed by atoms with van der Waals surface area (Å²) in [5, 5.41) is 14.0. The first-order chi connectivity index (χ1) is 16.2. The quantitative estimate of drug-likeness (QED) is 0.642. The van der Waals surface area contributed by atoms with E-state index in [0.29, 0.717) is 18.2 Å². The third kappa shape index (κ3) is 5.53. The van der Waals surface area contributed by atoms with E-state index in [1.54, 1.807) is 4.73 Å². The Morgan fingerprint density at radius 3 is 2.30 bits per heavy atom. The molecule has 0 bridgehead atoms. The van der Waals surface area contributed by atoms with Crippen molar-refractivity contribution in [2.45, 2.75) is 57.1 Å². The molecule has 0 radical (unpaired) electrons. The molecule has 7 heteroatoms. The molecule has 3 heterocycles. The molecule has 0 unspecified atom stereocenters. The summed E-state index contributed by atoms with van der Waals surface area (Å²) in [5.74, 6) is 0.575. The van der Waals surface area contributed by atoms with E-state index in [1.165, 1.54) is 19.3 Å². The Morgan fingerprint density at radius 1 is 0.970 bits per heavy atom. The van der Waals surface area contributed by atoms with Gasteiger partial charge in [-0.2, -0.15) is 4.73 Å². The second-order valence-electron chi connectivity index (χ2n) is 10.1. The van der Waals surface area contributed by atoms with Crippen molar-refractivity contribution in [2.75, 3.05) is 45.9 Å². The number of carbonyl (C=O) groups excluding carboxylic acids is 1. The van der Waals surface area contributed by atoms with Crippen LogP contribution in [0.5, 0.6) is 0 Å². The maximum absolute atomic E-state index is 13.2. The molecule has 0 atom stereocenters. The lowest BCUT2D eigenvalue weighted by Gasteiger charge is -2.35. The molecule has 3 fully saturated rings. The minimum absolute atomic E-state index is 0.0369. The summed E-state index contributed by atoms with van der Waals surface area (Å²) in [7, 11) is 0. The lowest BCUT2D eigenvalue weighted by Crippen LogP contribution is -2.47. The van der Waals surface area contributed by atoms with Crippen LogP contribution in [0.2, 0.25) is 0 Å². The van der Waals surface area contributed by atoms with E-state index in [9.17, 15) is 9.90 Å².